The number of sulfonamides is 1. The molecule has 0 saturated heterocycles. The van der Waals surface area contributed by atoms with Gasteiger partial charge in [0.25, 0.3) is 10.0 Å². The van der Waals surface area contributed by atoms with Crippen LogP contribution in [0.4, 0.5) is 5.95 Å². The zero-order chi connectivity index (χ0) is 15.6. The van der Waals surface area contributed by atoms with Gasteiger partial charge in [-0.2, -0.15) is 0 Å². The summed E-state index contributed by atoms with van der Waals surface area (Å²) in [5.74, 6) is -1.16. The van der Waals surface area contributed by atoms with Gasteiger partial charge in [-0.1, -0.05) is 11.6 Å². The summed E-state index contributed by atoms with van der Waals surface area (Å²) in [6, 6.07) is 4.29. The van der Waals surface area contributed by atoms with Crippen LogP contribution >= 0.6 is 22.9 Å². The Morgan fingerprint density at radius 3 is 2.76 bits per heavy atom. The van der Waals surface area contributed by atoms with Gasteiger partial charge < -0.3 is 5.11 Å². The topological polar surface area (TPSA) is 109 Å². The Balaban J connectivity index is 2.25. The molecule has 0 saturated carbocycles. The molecule has 0 bridgehead atoms. The first-order valence-electron chi connectivity index (χ1n) is 5.61. The maximum Gasteiger partial charge on any atom is 0.308 e. The van der Waals surface area contributed by atoms with Gasteiger partial charge in [0.15, 0.2) is 0 Å². The van der Waals surface area contributed by atoms with Crippen molar-refractivity contribution in [2.75, 3.05) is 4.72 Å². The highest BCUT2D eigenvalue weighted by Gasteiger charge is 2.19. The molecular weight excluding hydrogens is 338 g/mol. The van der Waals surface area contributed by atoms with Crippen LogP contribution in [0.2, 0.25) is 5.15 Å². The predicted octanol–water partition coefficient (Wildman–Crippen LogP) is 1.93. The van der Waals surface area contributed by atoms with Gasteiger partial charge in [-0.3, -0.25) is 4.79 Å². The van der Waals surface area contributed by atoms with E-state index in [0.29, 0.717) is 10.6 Å². The van der Waals surface area contributed by atoms with E-state index in [4.69, 9.17) is 16.7 Å². The average Bonchev–Trinajstić information content (AvgIpc) is 2.74. The van der Waals surface area contributed by atoms with Crippen LogP contribution in [0.3, 0.4) is 0 Å². The second kappa shape index (κ2) is 5.96. The van der Waals surface area contributed by atoms with E-state index < -0.39 is 16.0 Å². The number of carbonyl (C=O) groups is 1. The molecule has 0 radical (unpaired) electrons. The average molecular weight is 348 g/mol. The maximum atomic E-state index is 12.2. The van der Waals surface area contributed by atoms with Crippen LogP contribution < -0.4 is 4.72 Å². The molecule has 2 heterocycles. The quantitative estimate of drug-likeness (QED) is 0.800. The molecule has 0 atom stereocenters. The summed E-state index contributed by atoms with van der Waals surface area (Å²) in [6.07, 6.45) is -0.229. The standard InChI is InChI=1S/C11H10ClN3O4S2/c1-6-4-8(12)14-11(13-6)15-21(18,19)10-3-2-7(20-10)5-9(16)17/h2-4H,5H2,1H3,(H,16,17)(H,13,14,15). The van der Waals surface area contributed by atoms with Gasteiger partial charge in [-0.25, -0.2) is 23.1 Å². The van der Waals surface area contributed by atoms with Gasteiger partial charge in [0.1, 0.15) is 9.36 Å². The third-order valence-corrected chi connectivity index (χ3v) is 5.37. The first-order chi connectivity index (χ1) is 9.76. The number of rotatable bonds is 5. The second-order valence-electron chi connectivity index (χ2n) is 4.05. The Morgan fingerprint density at radius 2 is 2.14 bits per heavy atom. The fourth-order valence-corrected chi connectivity index (χ4v) is 4.02. The Bertz CT molecular complexity index is 768. The van der Waals surface area contributed by atoms with Gasteiger partial charge in [0.05, 0.1) is 6.42 Å². The lowest BCUT2D eigenvalue weighted by Gasteiger charge is -2.05. The number of aliphatic carboxylic acids is 1. The molecule has 10 heteroatoms. The lowest BCUT2D eigenvalue weighted by atomic mass is 10.3. The number of halogens is 1. The number of anilines is 1. The van der Waals surface area contributed by atoms with Crippen molar-refractivity contribution in [3.8, 4) is 0 Å². The molecule has 21 heavy (non-hydrogen) atoms. The summed E-state index contributed by atoms with van der Waals surface area (Å²) in [7, 11) is -3.87. The molecule has 2 aromatic heterocycles. The number of hydrogen-bond acceptors (Lipinski definition) is 6. The first kappa shape index (κ1) is 15.7. The predicted molar refractivity (Wildman–Crippen MR) is 78.2 cm³/mol. The van der Waals surface area contributed by atoms with Crippen LogP contribution in [0.1, 0.15) is 10.6 Å². The van der Waals surface area contributed by atoms with Crippen molar-refractivity contribution in [2.45, 2.75) is 17.6 Å². The molecule has 2 rings (SSSR count). The van der Waals surface area contributed by atoms with Crippen molar-refractivity contribution in [1.82, 2.24) is 9.97 Å². The summed E-state index contributed by atoms with van der Waals surface area (Å²) in [5, 5.41) is 8.81. The minimum absolute atomic E-state index is 0.0139. The van der Waals surface area contributed by atoms with Gasteiger partial charge >= 0.3 is 5.97 Å². The fourth-order valence-electron chi connectivity index (χ4n) is 1.49. The van der Waals surface area contributed by atoms with E-state index in [-0.39, 0.29) is 21.7 Å². The lowest BCUT2D eigenvalue weighted by Crippen LogP contribution is -2.14. The summed E-state index contributed by atoms with van der Waals surface area (Å²) in [5.41, 5.74) is 0.519. The number of nitrogens with zero attached hydrogens (tertiary/aromatic N) is 2. The van der Waals surface area contributed by atoms with Gasteiger partial charge in [-0.15, -0.1) is 11.3 Å². The molecule has 0 amide bonds. The Labute approximate surface area is 129 Å². The van der Waals surface area contributed by atoms with Crippen LogP contribution in [-0.4, -0.2) is 29.5 Å². The monoisotopic (exact) mass is 347 g/mol. The fraction of sp³-hybridized carbons (Fsp3) is 0.182. The highest BCUT2D eigenvalue weighted by Crippen LogP contribution is 2.24. The molecule has 0 aliphatic carbocycles. The minimum atomic E-state index is -3.87. The molecule has 0 aromatic carbocycles. The molecular formula is C11H10ClN3O4S2. The van der Waals surface area contributed by atoms with Gasteiger partial charge in [0.2, 0.25) is 5.95 Å². The molecule has 0 aliphatic rings. The van der Waals surface area contributed by atoms with Crippen molar-refractivity contribution in [1.29, 1.82) is 0 Å². The largest absolute Gasteiger partial charge is 0.481 e. The van der Waals surface area contributed by atoms with Crippen molar-refractivity contribution >= 4 is 44.9 Å². The summed E-state index contributed by atoms with van der Waals surface area (Å²) in [6.45, 7) is 1.65. The zero-order valence-electron chi connectivity index (χ0n) is 10.7. The van der Waals surface area contributed by atoms with Crippen LogP contribution in [-0.2, 0) is 21.2 Å². The normalized spacial score (nSPS) is 11.3. The molecule has 0 spiro atoms. The van der Waals surface area contributed by atoms with Crippen LogP contribution in [0, 0.1) is 6.92 Å². The molecule has 112 valence electrons. The van der Waals surface area contributed by atoms with Crippen LogP contribution in [0.25, 0.3) is 0 Å². The molecule has 2 aromatic rings. The molecule has 0 fully saturated rings. The van der Waals surface area contributed by atoms with Crippen molar-refractivity contribution in [3.63, 3.8) is 0 Å². The van der Waals surface area contributed by atoms with Crippen molar-refractivity contribution in [2.24, 2.45) is 0 Å². The van der Waals surface area contributed by atoms with Crippen LogP contribution in [0.15, 0.2) is 22.4 Å². The summed E-state index contributed by atoms with van der Waals surface area (Å²) < 4.78 is 26.5. The highest BCUT2D eigenvalue weighted by molar-refractivity contribution is 7.94. The number of aromatic nitrogens is 2. The van der Waals surface area contributed by atoms with E-state index in [2.05, 4.69) is 14.7 Å². The third kappa shape index (κ3) is 4.13. The van der Waals surface area contributed by atoms with E-state index in [1.54, 1.807) is 6.92 Å². The Morgan fingerprint density at radius 1 is 1.43 bits per heavy atom. The number of nitrogens with one attached hydrogen (secondary N) is 1. The maximum absolute atomic E-state index is 12.2. The van der Waals surface area contributed by atoms with E-state index >= 15 is 0 Å². The van der Waals surface area contributed by atoms with Gasteiger partial charge in [0, 0.05) is 10.6 Å². The van der Waals surface area contributed by atoms with Crippen molar-refractivity contribution < 1.29 is 18.3 Å². The van der Waals surface area contributed by atoms with Crippen LogP contribution in [0.5, 0.6) is 0 Å². The number of carboxylic acid groups (broad SMARTS) is 1. The second-order valence-corrected chi connectivity index (χ2v) is 7.52. The minimum Gasteiger partial charge on any atom is -0.481 e. The van der Waals surface area contributed by atoms with E-state index in [1.165, 1.54) is 18.2 Å². The first-order valence-corrected chi connectivity index (χ1v) is 8.28. The summed E-state index contributed by atoms with van der Waals surface area (Å²) >= 11 is 6.61. The summed E-state index contributed by atoms with van der Waals surface area (Å²) in [4.78, 5) is 18.7. The SMILES string of the molecule is Cc1cc(Cl)nc(NS(=O)(=O)c2ccc(CC(=O)O)s2)n1. The molecule has 0 unspecified atom stereocenters. The Hall–Kier alpha value is -1.71. The highest BCUT2D eigenvalue weighted by atomic mass is 35.5. The third-order valence-electron chi connectivity index (χ3n) is 2.28. The number of aryl methyl sites for hydroxylation is 1. The Kier molecular flexibility index (Phi) is 4.45. The molecule has 7 nitrogen and oxygen atoms in total. The molecule has 0 aliphatic heterocycles. The van der Waals surface area contributed by atoms with E-state index in [1.807, 2.05) is 0 Å². The molecule has 2 N–H and O–H groups in total. The van der Waals surface area contributed by atoms with Gasteiger partial charge in [-0.05, 0) is 25.1 Å². The number of thiophene rings is 1. The smallest absolute Gasteiger partial charge is 0.308 e. The van der Waals surface area contributed by atoms with E-state index in [0.717, 1.165) is 11.3 Å². The van der Waals surface area contributed by atoms with E-state index in [9.17, 15) is 13.2 Å². The van der Waals surface area contributed by atoms with Crippen molar-refractivity contribution in [3.05, 3.63) is 33.9 Å². The number of carboxylic acids is 1. The number of hydrogen-bond donors (Lipinski definition) is 2. The zero-order valence-corrected chi connectivity index (χ0v) is 13.1. The lowest BCUT2D eigenvalue weighted by molar-refractivity contribution is -0.136.